The Bertz CT molecular complexity index is 291. The summed E-state index contributed by atoms with van der Waals surface area (Å²) in [5, 5.41) is 11.8. The maximum absolute atomic E-state index is 8.51. The molecule has 0 amide bonds. The van der Waals surface area contributed by atoms with Crippen molar-refractivity contribution >= 4 is 0 Å². The van der Waals surface area contributed by atoms with Crippen molar-refractivity contribution in [2.24, 2.45) is 0 Å². The molecule has 16 heavy (non-hydrogen) atoms. The fourth-order valence-electron chi connectivity index (χ4n) is 1.38. The van der Waals surface area contributed by atoms with E-state index in [2.05, 4.69) is 5.32 Å². The molecule has 0 spiro atoms. The molecule has 1 aromatic carbocycles. The van der Waals surface area contributed by atoms with Gasteiger partial charge in [0, 0.05) is 18.7 Å². The van der Waals surface area contributed by atoms with Gasteiger partial charge in [-0.1, -0.05) is 18.2 Å². The Kier molecular flexibility index (Phi) is 6.56. The van der Waals surface area contributed by atoms with Crippen molar-refractivity contribution in [2.45, 2.75) is 6.54 Å². The molecule has 1 rings (SSSR count). The van der Waals surface area contributed by atoms with Gasteiger partial charge in [0.05, 0.1) is 26.9 Å². The Morgan fingerprint density at radius 1 is 1.25 bits per heavy atom. The summed E-state index contributed by atoms with van der Waals surface area (Å²) in [4.78, 5) is 0. The standard InChI is InChI=1S/C12H19NO3/c1-15-12-5-3-2-4-11(12)10-13-6-8-16-9-7-14/h2-5,13-14H,6-10H2,1H3. The largest absolute Gasteiger partial charge is 0.496 e. The molecule has 4 nitrogen and oxygen atoms in total. The van der Waals surface area contributed by atoms with Crippen molar-refractivity contribution in [3.63, 3.8) is 0 Å². The first-order valence-corrected chi connectivity index (χ1v) is 5.39. The van der Waals surface area contributed by atoms with E-state index in [4.69, 9.17) is 14.6 Å². The smallest absolute Gasteiger partial charge is 0.123 e. The first kappa shape index (κ1) is 13.0. The van der Waals surface area contributed by atoms with E-state index >= 15 is 0 Å². The molecule has 0 atom stereocenters. The zero-order valence-electron chi connectivity index (χ0n) is 9.61. The quantitative estimate of drug-likeness (QED) is 0.642. The van der Waals surface area contributed by atoms with Gasteiger partial charge in [-0.05, 0) is 6.07 Å². The van der Waals surface area contributed by atoms with Gasteiger partial charge in [0.2, 0.25) is 0 Å². The number of rotatable bonds is 8. The van der Waals surface area contributed by atoms with Gasteiger partial charge in [-0.3, -0.25) is 0 Å². The summed E-state index contributed by atoms with van der Waals surface area (Å²) in [7, 11) is 1.67. The molecule has 0 aromatic heterocycles. The van der Waals surface area contributed by atoms with Gasteiger partial charge in [-0.15, -0.1) is 0 Å². The molecular weight excluding hydrogens is 206 g/mol. The maximum atomic E-state index is 8.51. The molecule has 0 saturated heterocycles. The van der Waals surface area contributed by atoms with Gasteiger partial charge in [0.15, 0.2) is 0 Å². The molecular formula is C12H19NO3. The summed E-state index contributed by atoms with van der Waals surface area (Å²) in [6.45, 7) is 2.60. The van der Waals surface area contributed by atoms with Crippen LogP contribution in [0.3, 0.4) is 0 Å². The van der Waals surface area contributed by atoms with Crippen LogP contribution in [0.1, 0.15) is 5.56 Å². The average molecular weight is 225 g/mol. The van der Waals surface area contributed by atoms with E-state index in [-0.39, 0.29) is 6.61 Å². The van der Waals surface area contributed by atoms with Gasteiger partial charge in [-0.2, -0.15) is 0 Å². The fraction of sp³-hybridized carbons (Fsp3) is 0.500. The lowest BCUT2D eigenvalue weighted by Crippen LogP contribution is -2.20. The van der Waals surface area contributed by atoms with Crippen molar-refractivity contribution in [3.05, 3.63) is 29.8 Å². The number of hydrogen-bond donors (Lipinski definition) is 2. The molecule has 90 valence electrons. The number of ether oxygens (including phenoxy) is 2. The molecule has 2 N–H and O–H groups in total. The minimum atomic E-state index is 0.0759. The lowest BCUT2D eigenvalue weighted by Gasteiger charge is -2.09. The predicted octanol–water partition coefficient (Wildman–Crippen LogP) is 0.794. The topological polar surface area (TPSA) is 50.7 Å². The monoisotopic (exact) mass is 225 g/mol. The van der Waals surface area contributed by atoms with Gasteiger partial charge in [0.1, 0.15) is 5.75 Å². The molecule has 0 heterocycles. The maximum Gasteiger partial charge on any atom is 0.123 e. The van der Waals surface area contributed by atoms with Crippen LogP contribution in [-0.2, 0) is 11.3 Å². The highest BCUT2D eigenvalue weighted by Gasteiger charge is 1.99. The highest BCUT2D eigenvalue weighted by molar-refractivity contribution is 5.32. The van der Waals surface area contributed by atoms with Gasteiger partial charge in [0.25, 0.3) is 0 Å². The number of nitrogens with one attached hydrogen (secondary N) is 1. The Balaban J connectivity index is 2.21. The molecule has 0 saturated carbocycles. The van der Waals surface area contributed by atoms with E-state index in [9.17, 15) is 0 Å². The second-order valence-corrected chi connectivity index (χ2v) is 3.32. The average Bonchev–Trinajstić information content (AvgIpc) is 2.34. The molecule has 0 aliphatic carbocycles. The van der Waals surface area contributed by atoms with Gasteiger partial charge in [-0.25, -0.2) is 0 Å². The van der Waals surface area contributed by atoms with Crippen LogP contribution < -0.4 is 10.1 Å². The van der Waals surface area contributed by atoms with Crippen LogP contribution in [0.15, 0.2) is 24.3 Å². The van der Waals surface area contributed by atoms with Crippen LogP contribution in [0, 0.1) is 0 Å². The molecule has 0 aliphatic rings. The first-order chi connectivity index (χ1) is 7.88. The number of aliphatic hydroxyl groups excluding tert-OH is 1. The van der Waals surface area contributed by atoms with E-state index in [1.807, 2.05) is 24.3 Å². The Hall–Kier alpha value is -1.10. The number of benzene rings is 1. The Labute approximate surface area is 96.2 Å². The molecule has 0 radical (unpaired) electrons. The van der Waals surface area contributed by atoms with Crippen LogP contribution >= 0.6 is 0 Å². The summed E-state index contributed by atoms with van der Waals surface area (Å²) in [6, 6.07) is 7.91. The van der Waals surface area contributed by atoms with Crippen molar-refractivity contribution in [1.82, 2.24) is 5.32 Å². The summed E-state index contributed by atoms with van der Waals surface area (Å²) in [5.41, 5.74) is 1.13. The minimum absolute atomic E-state index is 0.0759. The number of hydrogen-bond acceptors (Lipinski definition) is 4. The normalized spacial score (nSPS) is 10.4. The summed E-state index contributed by atoms with van der Waals surface area (Å²) >= 11 is 0. The number of methoxy groups -OCH3 is 1. The Morgan fingerprint density at radius 2 is 2.06 bits per heavy atom. The Morgan fingerprint density at radius 3 is 2.81 bits per heavy atom. The third-order valence-electron chi connectivity index (χ3n) is 2.17. The second kappa shape index (κ2) is 8.10. The van der Waals surface area contributed by atoms with E-state index in [1.54, 1.807) is 7.11 Å². The van der Waals surface area contributed by atoms with Gasteiger partial charge < -0.3 is 19.9 Å². The fourth-order valence-corrected chi connectivity index (χ4v) is 1.38. The molecule has 4 heteroatoms. The molecule has 0 bridgehead atoms. The van der Waals surface area contributed by atoms with E-state index in [0.717, 1.165) is 24.4 Å². The summed E-state index contributed by atoms with van der Waals surface area (Å²) < 4.78 is 10.4. The van der Waals surface area contributed by atoms with Crippen LogP contribution in [0.5, 0.6) is 5.75 Å². The van der Waals surface area contributed by atoms with Crippen molar-refractivity contribution in [3.8, 4) is 5.75 Å². The molecule has 0 aliphatic heterocycles. The summed E-state index contributed by atoms with van der Waals surface area (Å²) in [5.74, 6) is 0.895. The van der Waals surface area contributed by atoms with Crippen molar-refractivity contribution in [2.75, 3.05) is 33.5 Å². The lowest BCUT2D eigenvalue weighted by atomic mass is 10.2. The summed E-state index contributed by atoms with van der Waals surface area (Å²) in [6.07, 6.45) is 0. The number of aliphatic hydroxyl groups is 1. The third-order valence-corrected chi connectivity index (χ3v) is 2.17. The van der Waals surface area contributed by atoms with E-state index in [1.165, 1.54) is 0 Å². The van der Waals surface area contributed by atoms with Crippen LogP contribution in [-0.4, -0.2) is 38.6 Å². The predicted molar refractivity (Wildman–Crippen MR) is 62.6 cm³/mol. The SMILES string of the molecule is COc1ccccc1CNCCOCCO. The zero-order chi connectivity index (χ0) is 11.6. The molecule has 0 unspecified atom stereocenters. The van der Waals surface area contributed by atoms with Crippen LogP contribution in [0.2, 0.25) is 0 Å². The van der Waals surface area contributed by atoms with E-state index < -0.39 is 0 Å². The van der Waals surface area contributed by atoms with Crippen LogP contribution in [0.4, 0.5) is 0 Å². The lowest BCUT2D eigenvalue weighted by molar-refractivity contribution is 0.0938. The van der Waals surface area contributed by atoms with Gasteiger partial charge >= 0.3 is 0 Å². The third kappa shape index (κ3) is 4.61. The zero-order valence-corrected chi connectivity index (χ0v) is 9.61. The minimum Gasteiger partial charge on any atom is -0.496 e. The first-order valence-electron chi connectivity index (χ1n) is 5.39. The van der Waals surface area contributed by atoms with Crippen molar-refractivity contribution < 1.29 is 14.6 Å². The highest BCUT2D eigenvalue weighted by Crippen LogP contribution is 2.16. The highest BCUT2D eigenvalue weighted by atomic mass is 16.5. The molecule has 1 aromatic rings. The molecule has 0 fully saturated rings. The van der Waals surface area contributed by atoms with E-state index in [0.29, 0.717) is 13.2 Å². The second-order valence-electron chi connectivity index (χ2n) is 3.32. The van der Waals surface area contributed by atoms with Crippen LogP contribution in [0.25, 0.3) is 0 Å². The van der Waals surface area contributed by atoms with Crippen molar-refractivity contribution in [1.29, 1.82) is 0 Å². The number of para-hydroxylation sites is 1.